The second-order valence-corrected chi connectivity index (χ2v) is 4.79. The van der Waals surface area contributed by atoms with Crippen LogP contribution >= 0.6 is 0 Å². The van der Waals surface area contributed by atoms with Gasteiger partial charge in [-0.05, 0) is 26.2 Å². The number of rotatable bonds is 6. The molecule has 0 heterocycles. The van der Waals surface area contributed by atoms with Crippen LogP contribution in [-0.4, -0.2) is 47.0 Å². The fraction of sp³-hybridized carbons (Fsp3) is 0.750. The number of aliphatic carboxylic acids is 1. The van der Waals surface area contributed by atoms with E-state index >= 15 is 0 Å². The van der Waals surface area contributed by atoms with E-state index in [4.69, 9.17) is 9.84 Å². The maximum Gasteiger partial charge on any atom is 0.325 e. The summed E-state index contributed by atoms with van der Waals surface area (Å²) < 4.78 is 4.83. The van der Waals surface area contributed by atoms with Crippen molar-refractivity contribution in [2.24, 2.45) is 11.8 Å². The third-order valence-corrected chi connectivity index (χ3v) is 3.30. The molecule has 6 heteroatoms. The standard InChI is InChI=1S/C12H17NO5/c1-2-18-10(14)6-13(7-3-4-7)11(15)8-5-9(8)12(16)17/h7-9H,2-6H2,1H3,(H,16,17). The molecule has 0 aromatic heterocycles. The van der Waals surface area contributed by atoms with Crippen LogP contribution in [0.2, 0.25) is 0 Å². The predicted octanol–water partition coefficient (Wildman–Crippen LogP) is 0.261. The molecule has 0 aromatic carbocycles. The number of amides is 1. The first-order valence-electron chi connectivity index (χ1n) is 6.23. The van der Waals surface area contributed by atoms with Crippen LogP contribution in [0.1, 0.15) is 26.2 Å². The fourth-order valence-corrected chi connectivity index (χ4v) is 2.07. The molecule has 2 aliphatic carbocycles. The third-order valence-electron chi connectivity index (χ3n) is 3.30. The maximum atomic E-state index is 12.1. The number of carbonyl (C=O) groups is 3. The van der Waals surface area contributed by atoms with Crippen LogP contribution in [0, 0.1) is 11.8 Å². The second-order valence-electron chi connectivity index (χ2n) is 4.79. The Morgan fingerprint density at radius 1 is 1.28 bits per heavy atom. The van der Waals surface area contributed by atoms with Gasteiger partial charge in [0, 0.05) is 6.04 Å². The number of hydrogen-bond acceptors (Lipinski definition) is 4. The van der Waals surface area contributed by atoms with Crippen LogP contribution in [0.4, 0.5) is 0 Å². The van der Waals surface area contributed by atoms with E-state index in [0.717, 1.165) is 12.8 Å². The Kier molecular flexibility index (Phi) is 3.54. The van der Waals surface area contributed by atoms with Gasteiger partial charge in [-0.1, -0.05) is 0 Å². The largest absolute Gasteiger partial charge is 0.481 e. The molecule has 2 rings (SSSR count). The monoisotopic (exact) mass is 255 g/mol. The number of nitrogens with zero attached hydrogens (tertiary/aromatic N) is 1. The van der Waals surface area contributed by atoms with E-state index in [9.17, 15) is 14.4 Å². The summed E-state index contributed by atoms with van der Waals surface area (Å²) in [6.07, 6.45) is 2.16. The molecule has 1 N–H and O–H groups in total. The molecule has 2 fully saturated rings. The van der Waals surface area contributed by atoms with Crippen molar-refractivity contribution in [3.8, 4) is 0 Å². The lowest BCUT2D eigenvalue weighted by Crippen LogP contribution is -2.39. The van der Waals surface area contributed by atoms with Gasteiger partial charge in [-0.25, -0.2) is 0 Å². The molecule has 0 aliphatic heterocycles. The quantitative estimate of drug-likeness (QED) is 0.688. The topological polar surface area (TPSA) is 83.9 Å². The van der Waals surface area contributed by atoms with Gasteiger partial charge in [0.1, 0.15) is 6.54 Å². The van der Waals surface area contributed by atoms with Crippen LogP contribution in [0.25, 0.3) is 0 Å². The number of ether oxygens (including phenoxy) is 1. The fourth-order valence-electron chi connectivity index (χ4n) is 2.07. The van der Waals surface area contributed by atoms with E-state index in [1.807, 2.05) is 0 Å². The van der Waals surface area contributed by atoms with Crippen molar-refractivity contribution in [2.45, 2.75) is 32.2 Å². The molecule has 0 radical (unpaired) electrons. The smallest absolute Gasteiger partial charge is 0.325 e. The Hall–Kier alpha value is -1.59. The number of hydrogen-bond donors (Lipinski definition) is 1. The van der Waals surface area contributed by atoms with Gasteiger partial charge in [-0.3, -0.25) is 14.4 Å². The van der Waals surface area contributed by atoms with E-state index in [0.29, 0.717) is 6.42 Å². The van der Waals surface area contributed by atoms with E-state index in [-0.39, 0.29) is 25.1 Å². The van der Waals surface area contributed by atoms with E-state index in [1.165, 1.54) is 4.90 Å². The summed E-state index contributed by atoms with van der Waals surface area (Å²) in [6, 6.07) is 0.0944. The summed E-state index contributed by atoms with van der Waals surface area (Å²) in [6.45, 7) is 1.94. The Morgan fingerprint density at radius 2 is 1.94 bits per heavy atom. The molecule has 0 spiro atoms. The van der Waals surface area contributed by atoms with Crippen LogP contribution < -0.4 is 0 Å². The van der Waals surface area contributed by atoms with E-state index in [2.05, 4.69) is 0 Å². The zero-order valence-corrected chi connectivity index (χ0v) is 10.3. The van der Waals surface area contributed by atoms with Crippen molar-refractivity contribution in [1.29, 1.82) is 0 Å². The van der Waals surface area contributed by atoms with E-state index < -0.39 is 23.8 Å². The number of carboxylic acids is 1. The summed E-state index contributed by atoms with van der Waals surface area (Å²) in [5.41, 5.74) is 0. The molecule has 2 atom stereocenters. The molecular formula is C12H17NO5. The zero-order valence-electron chi connectivity index (χ0n) is 10.3. The van der Waals surface area contributed by atoms with Gasteiger partial charge in [-0.15, -0.1) is 0 Å². The summed E-state index contributed by atoms with van der Waals surface area (Å²) >= 11 is 0. The number of esters is 1. The predicted molar refractivity (Wildman–Crippen MR) is 60.6 cm³/mol. The molecule has 1 amide bonds. The van der Waals surface area contributed by atoms with Crippen molar-refractivity contribution in [1.82, 2.24) is 4.90 Å². The van der Waals surface area contributed by atoms with Crippen molar-refractivity contribution in [3.05, 3.63) is 0 Å². The highest BCUT2D eigenvalue weighted by molar-refractivity contribution is 5.91. The second kappa shape index (κ2) is 4.96. The number of carbonyl (C=O) groups excluding carboxylic acids is 2. The molecular weight excluding hydrogens is 238 g/mol. The highest BCUT2D eigenvalue weighted by atomic mass is 16.5. The lowest BCUT2D eigenvalue weighted by Gasteiger charge is -2.21. The Morgan fingerprint density at radius 3 is 2.39 bits per heavy atom. The molecule has 2 saturated carbocycles. The molecule has 0 saturated heterocycles. The van der Waals surface area contributed by atoms with Gasteiger partial charge in [0.15, 0.2) is 0 Å². The summed E-state index contributed by atoms with van der Waals surface area (Å²) in [4.78, 5) is 35.8. The Bertz CT molecular complexity index is 377. The first kappa shape index (κ1) is 12.9. The van der Waals surface area contributed by atoms with Gasteiger partial charge < -0.3 is 14.7 Å². The van der Waals surface area contributed by atoms with Crippen molar-refractivity contribution < 1.29 is 24.2 Å². The third kappa shape index (κ3) is 2.80. The summed E-state index contributed by atoms with van der Waals surface area (Å²) in [5, 5.41) is 8.81. The molecule has 2 aliphatic rings. The maximum absolute atomic E-state index is 12.1. The average molecular weight is 255 g/mol. The molecule has 0 aromatic rings. The zero-order chi connectivity index (χ0) is 13.3. The normalized spacial score (nSPS) is 25.4. The van der Waals surface area contributed by atoms with Gasteiger partial charge in [0.05, 0.1) is 18.4 Å². The molecule has 6 nitrogen and oxygen atoms in total. The molecule has 0 bridgehead atoms. The number of carboxylic acid groups (broad SMARTS) is 1. The van der Waals surface area contributed by atoms with Crippen molar-refractivity contribution in [3.63, 3.8) is 0 Å². The van der Waals surface area contributed by atoms with Gasteiger partial charge in [-0.2, -0.15) is 0 Å². The minimum absolute atomic E-state index is 0.0554. The SMILES string of the molecule is CCOC(=O)CN(C(=O)C1CC1C(=O)O)C1CC1. The highest BCUT2D eigenvalue weighted by Crippen LogP contribution is 2.42. The van der Waals surface area contributed by atoms with Crippen molar-refractivity contribution >= 4 is 17.8 Å². The van der Waals surface area contributed by atoms with Crippen LogP contribution in [0.5, 0.6) is 0 Å². The van der Waals surface area contributed by atoms with Crippen LogP contribution in [-0.2, 0) is 19.1 Å². The average Bonchev–Trinajstić information content (AvgIpc) is 3.16. The first-order chi connectivity index (χ1) is 8.54. The minimum Gasteiger partial charge on any atom is -0.481 e. The van der Waals surface area contributed by atoms with Gasteiger partial charge >= 0.3 is 11.9 Å². The highest BCUT2D eigenvalue weighted by Gasteiger charge is 2.51. The lowest BCUT2D eigenvalue weighted by atomic mass is 10.2. The summed E-state index contributed by atoms with van der Waals surface area (Å²) in [7, 11) is 0. The molecule has 100 valence electrons. The summed E-state index contributed by atoms with van der Waals surface area (Å²) in [5.74, 6) is -2.58. The Balaban J connectivity index is 1.92. The lowest BCUT2D eigenvalue weighted by molar-refractivity contribution is -0.150. The molecule has 18 heavy (non-hydrogen) atoms. The minimum atomic E-state index is -0.930. The van der Waals surface area contributed by atoms with Gasteiger partial charge in [0.2, 0.25) is 5.91 Å². The van der Waals surface area contributed by atoms with Gasteiger partial charge in [0.25, 0.3) is 0 Å². The van der Waals surface area contributed by atoms with Crippen molar-refractivity contribution in [2.75, 3.05) is 13.2 Å². The van der Waals surface area contributed by atoms with Crippen LogP contribution in [0.15, 0.2) is 0 Å². The van der Waals surface area contributed by atoms with Crippen LogP contribution in [0.3, 0.4) is 0 Å². The molecule has 2 unspecified atom stereocenters. The Labute approximate surface area is 105 Å². The first-order valence-corrected chi connectivity index (χ1v) is 6.23. The van der Waals surface area contributed by atoms with E-state index in [1.54, 1.807) is 6.92 Å².